The first-order valence-electron chi connectivity index (χ1n) is 15.0. The largest absolute Gasteiger partial charge is 0.454 e. The van der Waals surface area contributed by atoms with Gasteiger partial charge in [0.1, 0.15) is 5.58 Å². The molecular weight excluding hydrogens is 569 g/mol. The Kier molecular flexibility index (Phi) is 6.00. The van der Waals surface area contributed by atoms with E-state index in [-0.39, 0.29) is 0 Å². The number of thiophene rings is 1. The van der Waals surface area contributed by atoms with E-state index in [9.17, 15) is 0 Å². The van der Waals surface area contributed by atoms with Gasteiger partial charge >= 0.3 is 0 Å². The summed E-state index contributed by atoms with van der Waals surface area (Å²) in [5.41, 5.74) is 9.61. The molecule has 3 heterocycles. The fourth-order valence-electron chi connectivity index (χ4n) is 6.46. The summed E-state index contributed by atoms with van der Waals surface area (Å²) in [5.74, 6) is 0. The highest BCUT2D eigenvalue weighted by Gasteiger charge is 2.19. The van der Waals surface area contributed by atoms with Crippen molar-refractivity contribution in [2.24, 2.45) is 0 Å². The van der Waals surface area contributed by atoms with Gasteiger partial charge in [-0.1, -0.05) is 103 Å². The summed E-state index contributed by atoms with van der Waals surface area (Å²) in [6.45, 7) is 0. The maximum atomic E-state index is 6.13. The van der Waals surface area contributed by atoms with Crippen LogP contribution in [0.4, 0.5) is 17.1 Å². The molecule has 0 saturated heterocycles. The zero-order chi connectivity index (χ0) is 29.7. The Labute approximate surface area is 264 Å². The quantitative estimate of drug-likeness (QED) is 0.198. The van der Waals surface area contributed by atoms with Crippen LogP contribution in [0, 0.1) is 0 Å². The van der Waals surface area contributed by atoms with Gasteiger partial charge in [0.25, 0.3) is 0 Å². The standard InChI is InChI=1S/C41H26N2OS/c1-2-9-27(10-3-1)28-17-21-30(22-18-28)43(36-14-8-13-33-32-11-5-7-16-39(32)45-41(33)36)31-23-19-29(20-24-31)35-25-42-26-38-40(35)34-12-4-6-15-37(34)44-38/h1-26H. The Hall–Kier alpha value is -5.71. The molecule has 0 saturated carbocycles. The molecule has 6 aromatic carbocycles. The van der Waals surface area contributed by atoms with Gasteiger partial charge in [0.05, 0.1) is 16.6 Å². The van der Waals surface area contributed by atoms with Crippen molar-refractivity contribution in [3.05, 3.63) is 158 Å². The van der Waals surface area contributed by atoms with Gasteiger partial charge in [0.2, 0.25) is 0 Å². The van der Waals surface area contributed by atoms with Crippen LogP contribution in [-0.4, -0.2) is 4.98 Å². The van der Waals surface area contributed by atoms with Gasteiger partial charge in [-0.3, -0.25) is 4.98 Å². The Morgan fingerprint density at radius 3 is 1.93 bits per heavy atom. The van der Waals surface area contributed by atoms with Crippen molar-refractivity contribution in [2.75, 3.05) is 4.90 Å². The average molecular weight is 595 g/mol. The van der Waals surface area contributed by atoms with Gasteiger partial charge in [-0.15, -0.1) is 11.3 Å². The second-order valence-corrected chi connectivity index (χ2v) is 12.3. The molecule has 45 heavy (non-hydrogen) atoms. The Bertz CT molecular complexity index is 2480. The van der Waals surface area contributed by atoms with E-state index in [2.05, 4.69) is 143 Å². The van der Waals surface area contributed by atoms with Crippen molar-refractivity contribution in [3.8, 4) is 22.3 Å². The SMILES string of the molecule is c1ccc(-c2ccc(N(c3ccc(-c4cncc5oc6ccccc6c45)cc3)c3cccc4c3sc3ccccc34)cc2)cc1. The Morgan fingerprint density at radius 2 is 1.13 bits per heavy atom. The molecule has 0 spiro atoms. The minimum atomic E-state index is 0.800. The van der Waals surface area contributed by atoms with Crippen LogP contribution < -0.4 is 4.90 Å². The molecule has 0 amide bonds. The molecule has 0 fully saturated rings. The zero-order valence-electron chi connectivity index (χ0n) is 24.2. The van der Waals surface area contributed by atoms with E-state index >= 15 is 0 Å². The Morgan fingerprint density at radius 1 is 0.489 bits per heavy atom. The molecular formula is C41H26N2OS. The lowest BCUT2D eigenvalue weighted by atomic mass is 10.0. The van der Waals surface area contributed by atoms with Crippen LogP contribution in [0.2, 0.25) is 0 Å². The average Bonchev–Trinajstić information content (AvgIpc) is 3.69. The van der Waals surface area contributed by atoms with E-state index in [1.807, 2.05) is 29.7 Å². The third kappa shape index (κ3) is 4.30. The second-order valence-electron chi connectivity index (χ2n) is 11.2. The molecule has 0 atom stereocenters. The maximum absolute atomic E-state index is 6.13. The lowest BCUT2D eigenvalue weighted by molar-refractivity contribution is 0.667. The lowest BCUT2D eigenvalue weighted by Crippen LogP contribution is -2.10. The van der Waals surface area contributed by atoms with Gasteiger partial charge in [0, 0.05) is 49.4 Å². The summed E-state index contributed by atoms with van der Waals surface area (Å²) >= 11 is 1.85. The van der Waals surface area contributed by atoms with Crippen LogP contribution >= 0.6 is 11.3 Å². The van der Waals surface area contributed by atoms with Crippen molar-refractivity contribution in [2.45, 2.75) is 0 Å². The van der Waals surface area contributed by atoms with E-state index < -0.39 is 0 Å². The van der Waals surface area contributed by atoms with Crippen LogP contribution in [0.1, 0.15) is 0 Å². The van der Waals surface area contributed by atoms with Crippen molar-refractivity contribution in [1.29, 1.82) is 0 Å². The highest BCUT2D eigenvalue weighted by Crippen LogP contribution is 2.45. The molecule has 0 unspecified atom stereocenters. The zero-order valence-corrected chi connectivity index (χ0v) is 25.0. The predicted molar refractivity (Wildman–Crippen MR) is 190 cm³/mol. The molecule has 0 aliphatic carbocycles. The third-order valence-electron chi connectivity index (χ3n) is 8.58. The van der Waals surface area contributed by atoms with Crippen molar-refractivity contribution in [1.82, 2.24) is 4.98 Å². The number of para-hydroxylation sites is 1. The van der Waals surface area contributed by atoms with E-state index in [0.29, 0.717) is 0 Å². The summed E-state index contributed by atoms with van der Waals surface area (Å²) in [6, 6.07) is 51.8. The lowest BCUT2D eigenvalue weighted by Gasteiger charge is -2.26. The van der Waals surface area contributed by atoms with E-state index in [1.54, 1.807) is 6.20 Å². The first-order chi connectivity index (χ1) is 22.3. The molecule has 9 rings (SSSR count). The number of benzene rings is 6. The van der Waals surface area contributed by atoms with Crippen LogP contribution in [0.25, 0.3) is 64.4 Å². The number of pyridine rings is 1. The van der Waals surface area contributed by atoms with E-state index in [4.69, 9.17) is 4.42 Å². The minimum absolute atomic E-state index is 0.800. The number of rotatable bonds is 5. The van der Waals surface area contributed by atoms with Crippen LogP contribution in [0.3, 0.4) is 0 Å². The summed E-state index contributed by atoms with van der Waals surface area (Å²) < 4.78 is 8.70. The molecule has 0 aliphatic heterocycles. The van der Waals surface area contributed by atoms with Crippen molar-refractivity contribution in [3.63, 3.8) is 0 Å². The number of anilines is 3. The molecule has 0 N–H and O–H groups in total. The molecule has 0 bridgehead atoms. The summed E-state index contributed by atoms with van der Waals surface area (Å²) in [7, 11) is 0. The van der Waals surface area contributed by atoms with Gasteiger partial charge < -0.3 is 9.32 Å². The van der Waals surface area contributed by atoms with Crippen LogP contribution in [-0.2, 0) is 0 Å². The topological polar surface area (TPSA) is 29.3 Å². The molecule has 0 radical (unpaired) electrons. The number of hydrogen-bond donors (Lipinski definition) is 0. The molecule has 4 heteroatoms. The molecule has 212 valence electrons. The monoisotopic (exact) mass is 594 g/mol. The van der Waals surface area contributed by atoms with Crippen LogP contribution in [0.15, 0.2) is 162 Å². The number of hydrogen-bond acceptors (Lipinski definition) is 4. The highest BCUT2D eigenvalue weighted by atomic mass is 32.1. The first kappa shape index (κ1) is 25.8. The first-order valence-corrected chi connectivity index (χ1v) is 15.8. The molecule has 3 aromatic heterocycles. The van der Waals surface area contributed by atoms with Gasteiger partial charge in [0.15, 0.2) is 5.58 Å². The van der Waals surface area contributed by atoms with Crippen LogP contribution in [0.5, 0.6) is 0 Å². The normalized spacial score (nSPS) is 11.6. The number of furan rings is 1. The number of aromatic nitrogens is 1. The maximum Gasteiger partial charge on any atom is 0.154 e. The number of fused-ring (bicyclic) bond motifs is 6. The number of nitrogens with zero attached hydrogens (tertiary/aromatic N) is 2. The third-order valence-corrected chi connectivity index (χ3v) is 9.79. The van der Waals surface area contributed by atoms with E-state index in [0.717, 1.165) is 44.4 Å². The second kappa shape index (κ2) is 10.5. The fourth-order valence-corrected chi connectivity index (χ4v) is 7.66. The van der Waals surface area contributed by atoms with Gasteiger partial charge in [-0.2, -0.15) is 0 Å². The van der Waals surface area contributed by atoms with Gasteiger partial charge in [-0.25, -0.2) is 0 Å². The molecule has 3 nitrogen and oxygen atoms in total. The van der Waals surface area contributed by atoms with Crippen molar-refractivity contribution >= 4 is 70.5 Å². The van der Waals surface area contributed by atoms with Crippen molar-refractivity contribution < 1.29 is 4.42 Å². The fraction of sp³-hybridized carbons (Fsp3) is 0. The summed E-state index contributed by atoms with van der Waals surface area (Å²) in [6.07, 6.45) is 3.75. The predicted octanol–water partition coefficient (Wildman–Crippen LogP) is 12.2. The molecule has 0 aliphatic rings. The molecule has 9 aromatic rings. The minimum Gasteiger partial charge on any atom is -0.454 e. The van der Waals surface area contributed by atoms with Gasteiger partial charge in [-0.05, 0) is 59.2 Å². The smallest absolute Gasteiger partial charge is 0.154 e. The Balaban J connectivity index is 1.20. The highest BCUT2D eigenvalue weighted by molar-refractivity contribution is 7.26. The van der Waals surface area contributed by atoms with E-state index in [1.165, 1.54) is 37.0 Å². The summed E-state index contributed by atoms with van der Waals surface area (Å²) in [5, 5.41) is 4.77. The summed E-state index contributed by atoms with van der Waals surface area (Å²) in [4.78, 5) is 6.90.